The summed E-state index contributed by atoms with van der Waals surface area (Å²) in [5, 5.41) is 9.42. The van der Waals surface area contributed by atoms with Gasteiger partial charge in [-0.2, -0.15) is 0 Å². The van der Waals surface area contributed by atoms with Crippen LogP contribution in [-0.2, 0) is 0 Å². The molecule has 7 aromatic carbocycles. The Morgan fingerprint density at radius 3 is 1.33 bits per heavy atom. The van der Waals surface area contributed by atoms with Gasteiger partial charge in [-0.15, -0.1) is 0 Å². The van der Waals surface area contributed by atoms with Gasteiger partial charge in [0.25, 0.3) is 0 Å². The molecule has 4 heterocycles. The Bertz CT molecular complexity index is 3180. The highest BCUT2D eigenvalue weighted by Crippen LogP contribution is 2.40. The van der Waals surface area contributed by atoms with Crippen molar-refractivity contribution in [3.8, 4) is 33.4 Å². The van der Waals surface area contributed by atoms with Crippen LogP contribution in [0.3, 0.4) is 0 Å². The lowest BCUT2D eigenvalue weighted by Gasteiger charge is -2.26. The van der Waals surface area contributed by atoms with Gasteiger partial charge < -0.3 is 4.90 Å². The Kier molecular flexibility index (Phi) is 7.74. The van der Waals surface area contributed by atoms with Gasteiger partial charge in [0.05, 0.1) is 0 Å². The van der Waals surface area contributed by atoms with Crippen LogP contribution in [0.15, 0.2) is 201 Å². The summed E-state index contributed by atoms with van der Waals surface area (Å²) >= 11 is 0. The Labute approximate surface area is 329 Å². The largest absolute Gasteiger partial charge is 0.310 e. The topological polar surface area (TPSA) is 54.8 Å². The average molecular weight is 728 g/mol. The summed E-state index contributed by atoms with van der Waals surface area (Å²) in [6, 6.07) is 63.1. The maximum absolute atomic E-state index is 4.61. The number of nitrogens with zero attached hydrogens (tertiary/aromatic N) is 5. The highest BCUT2D eigenvalue weighted by atomic mass is 15.1. The quantitative estimate of drug-likeness (QED) is 0.160. The first-order chi connectivity index (χ1) is 28.2. The third-order valence-corrected chi connectivity index (χ3v) is 11.0. The molecule has 0 radical (unpaired) electrons. The zero-order valence-corrected chi connectivity index (χ0v) is 30.8. The fourth-order valence-corrected chi connectivity index (χ4v) is 8.05. The van der Waals surface area contributed by atoms with Gasteiger partial charge >= 0.3 is 0 Å². The normalized spacial score (nSPS) is 11.5. The predicted octanol–water partition coefficient (Wildman–Crippen LogP) is 13.5. The van der Waals surface area contributed by atoms with Crippen LogP contribution in [0.25, 0.3) is 87.8 Å². The molecule has 0 aliphatic carbocycles. The summed E-state index contributed by atoms with van der Waals surface area (Å²) in [6.45, 7) is 0. The second kappa shape index (κ2) is 13.5. The fourth-order valence-electron chi connectivity index (χ4n) is 8.05. The number of anilines is 3. The highest BCUT2D eigenvalue weighted by molar-refractivity contribution is 6.09. The zero-order valence-electron chi connectivity index (χ0n) is 30.8. The van der Waals surface area contributed by atoms with Crippen molar-refractivity contribution in [3.05, 3.63) is 201 Å². The molecular formula is C52H33N5. The van der Waals surface area contributed by atoms with E-state index in [1.54, 1.807) is 12.4 Å². The molecule has 11 rings (SSSR count). The van der Waals surface area contributed by atoms with E-state index in [2.05, 4.69) is 189 Å². The monoisotopic (exact) mass is 727 g/mol. The molecule has 0 bridgehead atoms. The van der Waals surface area contributed by atoms with E-state index in [-0.39, 0.29) is 0 Å². The molecule has 0 spiro atoms. The Morgan fingerprint density at radius 2 is 0.719 bits per heavy atom. The highest BCUT2D eigenvalue weighted by Gasteiger charge is 2.16. The maximum atomic E-state index is 4.61. The second-order valence-electron chi connectivity index (χ2n) is 14.4. The standard InChI is InChI=1S/C52H33N5/c1-2-6-37-27-38(10-9-34(37)5-1)39-17-23-49-40(28-39)11-12-41-31-48(22-24-50(41)49)57(46-18-13-35(14-19-46)44-29-42-7-3-25-53-51(42)55-32-44)47-20-15-36(16-21-47)45-30-43-8-4-26-54-52(43)56-33-45/h1-33H. The van der Waals surface area contributed by atoms with Crippen LogP contribution < -0.4 is 4.90 Å². The van der Waals surface area contributed by atoms with Crippen LogP contribution >= 0.6 is 0 Å². The number of aromatic nitrogens is 4. The lowest BCUT2D eigenvalue weighted by Crippen LogP contribution is -2.09. The molecule has 266 valence electrons. The smallest absolute Gasteiger partial charge is 0.159 e. The van der Waals surface area contributed by atoms with Gasteiger partial charge in [0, 0.05) is 63.7 Å². The summed E-state index contributed by atoms with van der Waals surface area (Å²) in [5.74, 6) is 0. The summed E-state index contributed by atoms with van der Waals surface area (Å²) in [4.78, 5) is 20.3. The second-order valence-corrected chi connectivity index (χ2v) is 14.4. The van der Waals surface area contributed by atoms with E-state index in [4.69, 9.17) is 0 Å². The van der Waals surface area contributed by atoms with Crippen molar-refractivity contribution in [2.75, 3.05) is 4.90 Å². The third kappa shape index (κ3) is 5.99. The molecule has 0 aliphatic heterocycles. The van der Waals surface area contributed by atoms with Crippen LogP contribution in [0.2, 0.25) is 0 Å². The van der Waals surface area contributed by atoms with Crippen LogP contribution in [0.1, 0.15) is 0 Å². The number of fused-ring (bicyclic) bond motifs is 6. The molecule has 11 aromatic rings. The number of rotatable bonds is 6. The molecule has 57 heavy (non-hydrogen) atoms. The average Bonchev–Trinajstić information content (AvgIpc) is 3.29. The van der Waals surface area contributed by atoms with Gasteiger partial charge in [-0.1, -0.05) is 91.0 Å². The van der Waals surface area contributed by atoms with Crippen molar-refractivity contribution in [2.24, 2.45) is 0 Å². The number of hydrogen-bond donors (Lipinski definition) is 0. The fraction of sp³-hybridized carbons (Fsp3) is 0. The van der Waals surface area contributed by atoms with Crippen molar-refractivity contribution in [2.45, 2.75) is 0 Å². The number of hydrogen-bond acceptors (Lipinski definition) is 5. The molecular weight excluding hydrogens is 695 g/mol. The lowest BCUT2D eigenvalue weighted by molar-refractivity contribution is 1.28. The first-order valence-electron chi connectivity index (χ1n) is 19.1. The molecule has 0 N–H and O–H groups in total. The van der Waals surface area contributed by atoms with E-state index in [0.29, 0.717) is 0 Å². The van der Waals surface area contributed by atoms with Crippen molar-refractivity contribution >= 4 is 71.4 Å². The first-order valence-corrected chi connectivity index (χ1v) is 19.1. The summed E-state index contributed by atoms with van der Waals surface area (Å²) in [5.41, 5.74) is 11.4. The molecule has 0 amide bonds. The van der Waals surface area contributed by atoms with E-state index in [1.807, 2.05) is 24.5 Å². The van der Waals surface area contributed by atoms with Crippen molar-refractivity contribution < 1.29 is 0 Å². The minimum Gasteiger partial charge on any atom is -0.310 e. The minimum absolute atomic E-state index is 0.748. The molecule has 5 heteroatoms. The Balaban J connectivity index is 0.981. The number of benzene rings is 7. The van der Waals surface area contributed by atoms with Gasteiger partial charge in [0.2, 0.25) is 0 Å². The Morgan fingerprint density at radius 1 is 0.281 bits per heavy atom. The van der Waals surface area contributed by atoms with Gasteiger partial charge in [-0.05, 0) is 140 Å². The van der Waals surface area contributed by atoms with E-state index < -0.39 is 0 Å². The zero-order chi connectivity index (χ0) is 37.7. The predicted molar refractivity (Wildman–Crippen MR) is 236 cm³/mol. The minimum atomic E-state index is 0.748. The van der Waals surface area contributed by atoms with Crippen molar-refractivity contribution in [3.63, 3.8) is 0 Å². The molecule has 4 aromatic heterocycles. The van der Waals surface area contributed by atoms with Gasteiger partial charge in [0.1, 0.15) is 0 Å². The molecule has 0 saturated heterocycles. The molecule has 0 unspecified atom stereocenters. The van der Waals surface area contributed by atoms with E-state index in [9.17, 15) is 0 Å². The van der Waals surface area contributed by atoms with E-state index >= 15 is 0 Å². The van der Waals surface area contributed by atoms with Crippen LogP contribution in [-0.4, -0.2) is 19.9 Å². The number of pyridine rings is 4. The van der Waals surface area contributed by atoms with Crippen molar-refractivity contribution in [1.29, 1.82) is 0 Å². The molecule has 0 aliphatic rings. The Hall–Kier alpha value is -7.76. The summed E-state index contributed by atoms with van der Waals surface area (Å²) in [7, 11) is 0. The van der Waals surface area contributed by atoms with Gasteiger partial charge in [0.15, 0.2) is 11.3 Å². The van der Waals surface area contributed by atoms with Gasteiger partial charge in [-0.3, -0.25) is 0 Å². The molecule has 0 fully saturated rings. The van der Waals surface area contributed by atoms with Crippen molar-refractivity contribution in [1.82, 2.24) is 19.9 Å². The van der Waals surface area contributed by atoms with Crippen LogP contribution in [0.5, 0.6) is 0 Å². The van der Waals surface area contributed by atoms with Crippen LogP contribution in [0.4, 0.5) is 17.1 Å². The maximum Gasteiger partial charge on any atom is 0.159 e. The van der Waals surface area contributed by atoms with E-state index in [1.165, 1.54) is 43.4 Å². The molecule has 0 saturated carbocycles. The summed E-state index contributed by atoms with van der Waals surface area (Å²) < 4.78 is 0. The van der Waals surface area contributed by atoms with Crippen LogP contribution in [0, 0.1) is 0 Å². The third-order valence-electron chi connectivity index (χ3n) is 11.0. The van der Waals surface area contributed by atoms with Gasteiger partial charge in [-0.25, -0.2) is 19.9 Å². The first kappa shape index (κ1) is 32.7. The van der Waals surface area contributed by atoms with E-state index in [0.717, 1.165) is 61.4 Å². The molecule has 0 atom stereocenters. The molecule has 5 nitrogen and oxygen atoms in total. The lowest BCUT2D eigenvalue weighted by atomic mass is 9.96. The SMILES string of the molecule is c1ccc2cc(-c3ccc4c(ccc5cc(N(c6ccc(-c7cnc8ncccc8c7)cc6)c6ccc(-c7cnc8ncccc8c7)cc6)ccc54)c3)ccc2c1. The summed E-state index contributed by atoms with van der Waals surface area (Å²) in [6.07, 6.45) is 7.35.